The van der Waals surface area contributed by atoms with E-state index < -0.39 is 37.3 Å². The number of hydrogen-bond acceptors (Lipinski definition) is 8. The highest BCUT2D eigenvalue weighted by Crippen LogP contribution is 2.50. The number of nitrogens with zero attached hydrogens (tertiary/aromatic N) is 1. The minimum atomic E-state index is -1.55. The monoisotopic (exact) mass is 429 g/mol. The average molecular weight is 429 g/mol. The van der Waals surface area contributed by atoms with Crippen molar-refractivity contribution in [3.63, 3.8) is 0 Å². The van der Waals surface area contributed by atoms with Gasteiger partial charge in [-0.05, 0) is 48.2 Å². The molecule has 1 fully saturated rings. The Balaban J connectivity index is 1.52. The van der Waals surface area contributed by atoms with Crippen LogP contribution in [0.2, 0.25) is 0 Å². The molecule has 8 nitrogen and oxygen atoms in total. The summed E-state index contributed by atoms with van der Waals surface area (Å²) in [6, 6.07) is 9.90. The van der Waals surface area contributed by atoms with E-state index in [1.807, 2.05) is 18.2 Å². The molecule has 0 radical (unpaired) electrons. The van der Waals surface area contributed by atoms with Crippen LogP contribution in [0.4, 0.5) is 0 Å². The molecule has 2 aliphatic heterocycles. The fourth-order valence-electron chi connectivity index (χ4n) is 5.05. The normalized spacial score (nSPS) is 32.3. The molecule has 0 bridgehead atoms. The van der Waals surface area contributed by atoms with E-state index in [0.29, 0.717) is 5.56 Å². The SMILES string of the molecule is CN1CCc2cccc3c2[C@H]1Cc1ccc(OC2OC(CO)C(O)C(O)C2O)c(O)c1-3. The van der Waals surface area contributed by atoms with Crippen LogP contribution >= 0.6 is 0 Å². The molecule has 5 rings (SSSR count). The maximum atomic E-state index is 11.1. The number of benzene rings is 2. The first kappa shape index (κ1) is 20.7. The maximum absolute atomic E-state index is 11.1. The number of phenolic OH excluding ortho intramolecular Hbond substituents is 1. The van der Waals surface area contributed by atoms with Gasteiger partial charge in [0.1, 0.15) is 24.4 Å². The highest BCUT2D eigenvalue weighted by atomic mass is 16.7. The standard InChI is InChI=1S/C23H27NO7/c1-24-8-7-11-3-2-4-13-17(11)14(24)9-12-5-6-15(19(26)18(12)13)30-23-22(29)21(28)20(27)16(10-25)31-23/h2-6,14,16,20-23,25-29H,7-10H2,1H3/t14-,16?,20?,21?,22?,23?/m1/s1. The molecule has 6 atom stereocenters. The molecule has 1 saturated heterocycles. The highest BCUT2D eigenvalue weighted by Gasteiger charge is 2.45. The summed E-state index contributed by atoms with van der Waals surface area (Å²) in [5.41, 5.74) is 5.18. The molecular weight excluding hydrogens is 402 g/mol. The van der Waals surface area contributed by atoms with Gasteiger partial charge in [0.05, 0.1) is 6.61 Å². The van der Waals surface area contributed by atoms with Crippen LogP contribution in [0.5, 0.6) is 11.5 Å². The summed E-state index contributed by atoms with van der Waals surface area (Å²) in [5.74, 6) is 0.0397. The van der Waals surface area contributed by atoms with E-state index in [9.17, 15) is 25.5 Å². The Morgan fingerprint density at radius 2 is 1.87 bits per heavy atom. The summed E-state index contributed by atoms with van der Waals surface area (Å²) in [6.07, 6.45) is -5.28. The molecule has 31 heavy (non-hydrogen) atoms. The van der Waals surface area contributed by atoms with Crippen LogP contribution in [0, 0.1) is 0 Å². The molecule has 5 unspecified atom stereocenters. The van der Waals surface area contributed by atoms with Crippen molar-refractivity contribution in [2.45, 2.75) is 49.6 Å². The van der Waals surface area contributed by atoms with Crippen molar-refractivity contribution < 1.29 is 35.0 Å². The summed E-state index contributed by atoms with van der Waals surface area (Å²) in [5, 5.41) is 50.8. The summed E-state index contributed by atoms with van der Waals surface area (Å²) in [7, 11) is 2.12. The Morgan fingerprint density at radius 1 is 1.06 bits per heavy atom. The van der Waals surface area contributed by atoms with Gasteiger partial charge in [-0.15, -0.1) is 0 Å². The highest BCUT2D eigenvalue weighted by molar-refractivity contribution is 5.82. The second-order valence-corrected chi connectivity index (χ2v) is 8.59. The van der Waals surface area contributed by atoms with Crippen LogP contribution in [0.25, 0.3) is 11.1 Å². The number of ether oxygens (including phenoxy) is 2. The molecule has 0 spiro atoms. The second kappa shape index (κ2) is 7.74. The molecule has 2 aromatic carbocycles. The third-order valence-electron chi connectivity index (χ3n) is 6.80. The van der Waals surface area contributed by atoms with Crippen LogP contribution in [0.3, 0.4) is 0 Å². The van der Waals surface area contributed by atoms with E-state index in [-0.39, 0.29) is 17.5 Å². The van der Waals surface area contributed by atoms with E-state index in [1.165, 1.54) is 11.1 Å². The predicted octanol–water partition coefficient (Wildman–Crippen LogP) is 0.323. The third-order valence-corrected chi connectivity index (χ3v) is 6.80. The van der Waals surface area contributed by atoms with Gasteiger partial charge in [-0.2, -0.15) is 0 Å². The molecule has 5 N–H and O–H groups in total. The summed E-state index contributed by atoms with van der Waals surface area (Å²) in [6.45, 7) is 0.437. The van der Waals surface area contributed by atoms with Gasteiger partial charge >= 0.3 is 0 Å². The Kier molecular flexibility index (Phi) is 5.16. The van der Waals surface area contributed by atoms with Gasteiger partial charge in [-0.25, -0.2) is 0 Å². The van der Waals surface area contributed by atoms with Gasteiger partial charge in [0, 0.05) is 18.2 Å². The molecular formula is C23H27NO7. The van der Waals surface area contributed by atoms with E-state index in [0.717, 1.165) is 30.5 Å². The quantitative estimate of drug-likeness (QED) is 0.473. The van der Waals surface area contributed by atoms with Crippen molar-refractivity contribution in [3.05, 3.63) is 47.0 Å². The summed E-state index contributed by atoms with van der Waals surface area (Å²) >= 11 is 0. The number of fused-ring (bicyclic) bond motifs is 2. The Bertz CT molecular complexity index is 994. The van der Waals surface area contributed by atoms with Gasteiger partial charge in [0.15, 0.2) is 11.5 Å². The lowest BCUT2D eigenvalue weighted by molar-refractivity contribution is -0.277. The van der Waals surface area contributed by atoms with Crippen LogP contribution in [-0.2, 0) is 17.6 Å². The average Bonchev–Trinajstić information content (AvgIpc) is 2.78. The largest absolute Gasteiger partial charge is 0.504 e. The molecule has 166 valence electrons. The van der Waals surface area contributed by atoms with Crippen molar-refractivity contribution >= 4 is 0 Å². The van der Waals surface area contributed by atoms with Crippen molar-refractivity contribution in [2.24, 2.45) is 0 Å². The first-order valence-corrected chi connectivity index (χ1v) is 10.5. The number of aromatic hydroxyl groups is 1. The van der Waals surface area contributed by atoms with Gasteiger partial charge < -0.3 is 35.0 Å². The smallest absolute Gasteiger partial charge is 0.229 e. The van der Waals surface area contributed by atoms with Gasteiger partial charge in [0.2, 0.25) is 6.29 Å². The number of rotatable bonds is 3. The van der Waals surface area contributed by atoms with Crippen molar-refractivity contribution in [2.75, 3.05) is 20.2 Å². The second-order valence-electron chi connectivity index (χ2n) is 8.59. The van der Waals surface area contributed by atoms with Crippen LogP contribution in [0.15, 0.2) is 30.3 Å². The zero-order valence-electron chi connectivity index (χ0n) is 17.2. The number of aliphatic hydroxyl groups is 4. The predicted molar refractivity (Wildman–Crippen MR) is 111 cm³/mol. The first-order chi connectivity index (χ1) is 14.9. The fraction of sp³-hybridized carbons (Fsp3) is 0.478. The molecule has 0 aromatic heterocycles. The number of likely N-dealkylation sites (N-methyl/N-ethyl adjacent to an activating group) is 1. The molecule has 0 saturated carbocycles. The Labute approximate surface area is 179 Å². The van der Waals surface area contributed by atoms with Gasteiger partial charge in [-0.1, -0.05) is 24.3 Å². The topological polar surface area (TPSA) is 123 Å². The number of hydrogen-bond donors (Lipinski definition) is 5. The van der Waals surface area contributed by atoms with E-state index in [2.05, 4.69) is 18.0 Å². The molecule has 1 aliphatic carbocycles. The molecule has 2 heterocycles. The molecule has 0 amide bonds. The zero-order valence-corrected chi connectivity index (χ0v) is 17.2. The lowest BCUT2D eigenvalue weighted by Gasteiger charge is -2.41. The lowest BCUT2D eigenvalue weighted by Crippen LogP contribution is -2.60. The van der Waals surface area contributed by atoms with E-state index in [1.54, 1.807) is 6.07 Å². The summed E-state index contributed by atoms with van der Waals surface area (Å²) < 4.78 is 11.2. The zero-order chi connectivity index (χ0) is 21.9. The first-order valence-electron chi connectivity index (χ1n) is 10.5. The molecule has 8 heteroatoms. The third kappa shape index (κ3) is 3.22. The van der Waals surface area contributed by atoms with Crippen LogP contribution in [0.1, 0.15) is 22.7 Å². The van der Waals surface area contributed by atoms with Crippen molar-refractivity contribution in [1.82, 2.24) is 4.90 Å². The Hall–Kier alpha value is -2.20. The maximum Gasteiger partial charge on any atom is 0.229 e. The van der Waals surface area contributed by atoms with Crippen LogP contribution < -0.4 is 4.74 Å². The molecule has 3 aliphatic rings. The molecule has 2 aromatic rings. The van der Waals surface area contributed by atoms with Crippen molar-refractivity contribution in [1.29, 1.82) is 0 Å². The van der Waals surface area contributed by atoms with Gasteiger partial charge in [0.25, 0.3) is 0 Å². The summed E-state index contributed by atoms with van der Waals surface area (Å²) in [4.78, 5) is 2.34. The van der Waals surface area contributed by atoms with Crippen molar-refractivity contribution in [3.8, 4) is 22.6 Å². The number of aliphatic hydroxyl groups excluding tert-OH is 4. The minimum Gasteiger partial charge on any atom is -0.504 e. The Morgan fingerprint density at radius 3 is 2.65 bits per heavy atom. The van der Waals surface area contributed by atoms with Crippen LogP contribution in [-0.4, -0.2) is 81.3 Å². The van der Waals surface area contributed by atoms with Gasteiger partial charge in [-0.3, -0.25) is 4.90 Å². The lowest BCUT2D eigenvalue weighted by atomic mass is 9.77. The number of phenols is 1. The fourth-order valence-corrected chi connectivity index (χ4v) is 5.05. The minimum absolute atomic E-state index is 0.0606. The van der Waals surface area contributed by atoms with E-state index in [4.69, 9.17) is 9.47 Å². The van der Waals surface area contributed by atoms with E-state index >= 15 is 0 Å².